The fourth-order valence-electron chi connectivity index (χ4n) is 7.87. The van der Waals surface area contributed by atoms with E-state index >= 15 is 0 Å². The van der Waals surface area contributed by atoms with E-state index in [1.54, 1.807) is 27.3 Å². The lowest BCUT2D eigenvalue weighted by molar-refractivity contribution is -0.136. The average Bonchev–Trinajstić information content (AvgIpc) is 4.04. The van der Waals surface area contributed by atoms with E-state index in [-0.39, 0.29) is 35.7 Å². The Kier molecular flexibility index (Phi) is 11.6. The molecule has 2 saturated heterocycles. The van der Waals surface area contributed by atoms with E-state index in [0.29, 0.717) is 29.8 Å². The normalized spacial score (nSPS) is 18.1. The Morgan fingerprint density at radius 1 is 0.825 bits per heavy atom. The third kappa shape index (κ3) is 7.84. The van der Waals surface area contributed by atoms with Crippen molar-refractivity contribution in [1.82, 2.24) is 44.9 Å². The zero-order chi connectivity index (χ0) is 40.5. The molecule has 2 fully saturated rings. The molecule has 6 heterocycles. The Morgan fingerprint density at radius 2 is 1.37 bits per heavy atom. The highest BCUT2D eigenvalue weighted by Crippen LogP contribution is 2.40. The number of fused-ring (bicyclic) bond motifs is 1. The molecule has 4 aromatic heterocycles. The number of aromatic amines is 2. The van der Waals surface area contributed by atoms with E-state index in [1.165, 1.54) is 14.2 Å². The van der Waals surface area contributed by atoms with Gasteiger partial charge in [-0.2, -0.15) is 0 Å². The largest absolute Gasteiger partial charge is 0.453 e. The summed E-state index contributed by atoms with van der Waals surface area (Å²) in [7, 11) is 2.57. The molecule has 0 saturated carbocycles. The average molecular weight is 818 g/mol. The monoisotopic (exact) mass is 817 g/mol. The molecule has 302 valence electrons. The lowest BCUT2D eigenvalue weighted by Gasteiger charge is -2.30. The van der Waals surface area contributed by atoms with Crippen LogP contribution >= 0.6 is 22.9 Å². The molecule has 2 unspecified atom stereocenters. The van der Waals surface area contributed by atoms with Crippen molar-refractivity contribution in [3.63, 3.8) is 0 Å². The predicted molar refractivity (Wildman–Crippen MR) is 217 cm³/mol. The van der Waals surface area contributed by atoms with Gasteiger partial charge in [-0.15, -0.1) is 11.3 Å². The smallest absolute Gasteiger partial charge is 0.407 e. The molecule has 0 spiro atoms. The van der Waals surface area contributed by atoms with Crippen molar-refractivity contribution < 1.29 is 28.7 Å². The van der Waals surface area contributed by atoms with Gasteiger partial charge in [0.05, 0.1) is 60.8 Å². The fraction of sp³-hybridized carbons (Fsp3) is 0.450. The molecule has 5 aromatic rings. The Labute approximate surface area is 339 Å². The highest BCUT2D eigenvalue weighted by Gasteiger charge is 2.39. The van der Waals surface area contributed by atoms with Crippen LogP contribution in [0.15, 0.2) is 48.2 Å². The quantitative estimate of drug-likeness (QED) is 0.108. The van der Waals surface area contributed by atoms with Gasteiger partial charge >= 0.3 is 12.2 Å². The maximum atomic E-state index is 13.6. The summed E-state index contributed by atoms with van der Waals surface area (Å²) >= 11 is 8.58. The molecule has 2 aliphatic heterocycles. The number of nitrogens with one attached hydrogen (secondary N) is 4. The zero-order valence-corrected chi connectivity index (χ0v) is 34.4. The third-order valence-electron chi connectivity index (χ3n) is 10.9. The van der Waals surface area contributed by atoms with Crippen molar-refractivity contribution >= 4 is 57.2 Å². The number of imidazole rings is 2. The summed E-state index contributed by atoms with van der Waals surface area (Å²) in [5.41, 5.74) is 4.29. The summed E-state index contributed by atoms with van der Waals surface area (Å²) < 4.78 is 11.6. The van der Waals surface area contributed by atoms with Gasteiger partial charge in [0.2, 0.25) is 11.8 Å². The minimum Gasteiger partial charge on any atom is -0.453 e. The van der Waals surface area contributed by atoms with E-state index in [1.807, 2.05) is 58.3 Å². The second-order valence-electron chi connectivity index (χ2n) is 15.2. The van der Waals surface area contributed by atoms with E-state index in [9.17, 15) is 19.2 Å². The number of amides is 4. The first-order valence-electron chi connectivity index (χ1n) is 19.2. The number of halogens is 1. The van der Waals surface area contributed by atoms with Crippen LogP contribution in [0.4, 0.5) is 9.59 Å². The lowest BCUT2D eigenvalue weighted by atomic mass is 10.0. The predicted octanol–water partition coefficient (Wildman–Crippen LogP) is 7.21. The number of thiophene rings is 1. The Bertz CT molecular complexity index is 2280. The van der Waals surface area contributed by atoms with Crippen molar-refractivity contribution in [2.45, 2.75) is 77.5 Å². The van der Waals surface area contributed by atoms with Gasteiger partial charge in [-0.1, -0.05) is 45.4 Å². The van der Waals surface area contributed by atoms with Crippen molar-refractivity contribution in [3.05, 3.63) is 64.9 Å². The Balaban J connectivity index is 1.07. The van der Waals surface area contributed by atoms with Crippen LogP contribution in [0.1, 0.15) is 77.1 Å². The number of hydrogen-bond acceptors (Lipinski definition) is 9. The first kappa shape index (κ1) is 39.9. The molecule has 0 aliphatic carbocycles. The van der Waals surface area contributed by atoms with E-state index in [2.05, 4.69) is 41.6 Å². The van der Waals surface area contributed by atoms with Crippen LogP contribution in [-0.4, -0.2) is 97.7 Å². The number of hydrogen-bond donors (Lipinski definition) is 4. The van der Waals surface area contributed by atoms with Crippen molar-refractivity contribution in [3.8, 4) is 28.2 Å². The number of rotatable bonds is 11. The number of H-pyrrole nitrogens is 2. The van der Waals surface area contributed by atoms with Crippen molar-refractivity contribution in [2.75, 3.05) is 27.3 Å². The van der Waals surface area contributed by atoms with Gasteiger partial charge in [-0.3, -0.25) is 9.59 Å². The molecule has 4 amide bonds. The van der Waals surface area contributed by atoms with Gasteiger partial charge in [-0.05, 0) is 55.7 Å². The highest BCUT2D eigenvalue weighted by atomic mass is 35.5. The van der Waals surface area contributed by atoms with Gasteiger partial charge in [0.1, 0.15) is 28.6 Å². The van der Waals surface area contributed by atoms with Crippen LogP contribution in [0.5, 0.6) is 0 Å². The number of carbonyl (C=O) groups is 4. The van der Waals surface area contributed by atoms with E-state index < -0.39 is 24.3 Å². The van der Waals surface area contributed by atoms with Crippen molar-refractivity contribution in [1.29, 1.82) is 0 Å². The SMILES string of the molecule is COC(=O)N[C@H](C(=O)N1CCCC1c1ncc(-c2csc3c2ccn3-c2ccc(-c3cnc(C4CCCN4C(=O)[C@H](NC(=O)OC)C(C)C)[nH]3)cc2Cl)[nH]1)C(C)C. The third-order valence-corrected chi connectivity index (χ3v) is 12.2. The molecule has 17 heteroatoms. The van der Waals surface area contributed by atoms with Crippen LogP contribution in [0.2, 0.25) is 5.02 Å². The molecule has 4 atom stereocenters. The van der Waals surface area contributed by atoms with Gasteiger partial charge in [-0.25, -0.2) is 19.6 Å². The number of aromatic nitrogens is 5. The molecular formula is C40H48ClN9O6S. The second kappa shape index (κ2) is 16.6. The van der Waals surface area contributed by atoms with E-state index in [0.717, 1.165) is 64.1 Å². The maximum absolute atomic E-state index is 13.6. The van der Waals surface area contributed by atoms with Gasteiger partial charge in [0.15, 0.2) is 0 Å². The number of ether oxygens (including phenoxy) is 2. The minimum absolute atomic E-state index is 0.120. The summed E-state index contributed by atoms with van der Waals surface area (Å²) in [5.74, 6) is 0.828. The molecule has 57 heavy (non-hydrogen) atoms. The number of carbonyl (C=O) groups excluding carboxylic acids is 4. The number of likely N-dealkylation sites (tertiary alicyclic amines) is 2. The first-order chi connectivity index (χ1) is 27.4. The Hall–Kier alpha value is -5.35. The molecule has 7 rings (SSSR count). The molecular weight excluding hydrogens is 770 g/mol. The number of alkyl carbamates (subject to hydrolysis) is 2. The van der Waals surface area contributed by atoms with Crippen LogP contribution < -0.4 is 10.6 Å². The standard InChI is InChI=1S/C40H48ClN9O6S/c1-21(2)32(46-39(53)55-5)36(51)48-14-7-9-30(48)34-42-18-27(44-34)23-11-12-29(26(41)17-23)50-16-13-24-25(20-57-38(24)50)28-19-43-35(45-28)31-10-8-15-49(31)37(52)33(22(3)4)47-40(54)56-6/h11-13,16-22,30-33H,7-10,14-15H2,1-6H3,(H,42,44)(H,43,45)(H,46,53)(H,47,54)/t30?,31?,32-,33+/m1/s1. The van der Waals surface area contributed by atoms with Crippen molar-refractivity contribution in [2.24, 2.45) is 11.8 Å². The lowest BCUT2D eigenvalue weighted by Crippen LogP contribution is -2.51. The number of methoxy groups -OCH3 is 2. The highest BCUT2D eigenvalue weighted by molar-refractivity contribution is 7.17. The number of benzene rings is 1. The number of nitrogens with zero attached hydrogens (tertiary/aromatic N) is 5. The molecule has 15 nitrogen and oxygen atoms in total. The first-order valence-corrected chi connectivity index (χ1v) is 20.4. The molecule has 4 N–H and O–H groups in total. The Morgan fingerprint density at radius 3 is 1.89 bits per heavy atom. The molecule has 0 bridgehead atoms. The van der Waals surface area contributed by atoms with Gasteiger partial charge in [0, 0.05) is 41.2 Å². The van der Waals surface area contributed by atoms with Gasteiger partial charge < -0.3 is 44.4 Å². The van der Waals surface area contributed by atoms with E-state index in [4.69, 9.17) is 26.1 Å². The summed E-state index contributed by atoms with van der Waals surface area (Å²) in [6.45, 7) is 8.72. The van der Waals surface area contributed by atoms with Crippen LogP contribution in [0.3, 0.4) is 0 Å². The van der Waals surface area contributed by atoms with Crippen LogP contribution in [0, 0.1) is 11.8 Å². The molecule has 0 radical (unpaired) electrons. The second-order valence-corrected chi connectivity index (χ2v) is 16.4. The zero-order valence-electron chi connectivity index (χ0n) is 32.8. The molecule has 2 aliphatic rings. The maximum Gasteiger partial charge on any atom is 0.407 e. The van der Waals surface area contributed by atoms with Crippen LogP contribution in [-0.2, 0) is 19.1 Å². The fourth-order valence-corrected chi connectivity index (χ4v) is 9.20. The molecule has 1 aromatic carbocycles. The summed E-state index contributed by atoms with van der Waals surface area (Å²) in [4.78, 5) is 72.1. The summed E-state index contributed by atoms with van der Waals surface area (Å²) in [6.07, 6.45) is 7.47. The van der Waals surface area contributed by atoms with Gasteiger partial charge in [0.25, 0.3) is 0 Å². The summed E-state index contributed by atoms with van der Waals surface area (Å²) in [5, 5.41) is 9.07. The van der Waals surface area contributed by atoms with Crippen LogP contribution in [0.25, 0.3) is 38.4 Å². The topological polar surface area (TPSA) is 180 Å². The minimum atomic E-state index is -0.711. The summed E-state index contributed by atoms with van der Waals surface area (Å²) in [6, 6.07) is 6.03.